The normalized spacial score (nSPS) is 13.1. The first kappa shape index (κ1) is 20.0. The number of carbonyl (C=O) groups is 2. The Morgan fingerprint density at radius 3 is 2.37 bits per heavy atom. The van der Waals surface area contributed by atoms with Crippen molar-refractivity contribution in [3.8, 4) is 5.75 Å². The molecular formula is C25H25NO4. The van der Waals surface area contributed by atoms with Gasteiger partial charge in [0.1, 0.15) is 12.4 Å². The van der Waals surface area contributed by atoms with E-state index in [2.05, 4.69) is 4.57 Å². The van der Waals surface area contributed by atoms with E-state index in [9.17, 15) is 9.59 Å². The maximum atomic E-state index is 12.6. The fraction of sp³-hybridized carbons (Fsp3) is 0.280. The molecule has 0 atom stereocenters. The van der Waals surface area contributed by atoms with Crippen molar-refractivity contribution in [2.45, 2.75) is 39.3 Å². The zero-order chi connectivity index (χ0) is 21.1. The summed E-state index contributed by atoms with van der Waals surface area (Å²) < 4.78 is 13.2. The molecule has 1 fully saturated rings. The summed E-state index contributed by atoms with van der Waals surface area (Å²) in [5.74, 6) is 0.117. The quantitative estimate of drug-likeness (QED) is 0.390. The lowest BCUT2D eigenvalue weighted by Crippen LogP contribution is -2.15. The second kappa shape index (κ2) is 8.57. The molecule has 3 aromatic rings. The fourth-order valence-corrected chi connectivity index (χ4v) is 3.67. The van der Waals surface area contributed by atoms with Crippen LogP contribution in [0.25, 0.3) is 0 Å². The molecule has 5 heteroatoms. The van der Waals surface area contributed by atoms with Crippen molar-refractivity contribution < 1.29 is 19.1 Å². The highest BCUT2D eigenvalue weighted by atomic mass is 16.5. The first-order valence-electron chi connectivity index (χ1n) is 10.2. The van der Waals surface area contributed by atoms with Crippen LogP contribution in [0.4, 0.5) is 0 Å². The first-order chi connectivity index (χ1) is 14.5. The maximum absolute atomic E-state index is 12.6. The van der Waals surface area contributed by atoms with Crippen LogP contribution in [0.5, 0.6) is 5.75 Å². The van der Waals surface area contributed by atoms with Crippen molar-refractivity contribution in [3.05, 3.63) is 88.7 Å². The van der Waals surface area contributed by atoms with Crippen LogP contribution in [0.15, 0.2) is 60.7 Å². The van der Waals surface area contributed by atoms with Gasteiger partial charge in [-0.3, -0.25) is 4.79 Å². The lowest BCUT2D eigenvalue weighted by atomic mass is 10.1. The number of nitrogens with zero attached hydrogens (tertiary/aromatic N) is 1. The van der Waals surface area contributed by atoms with E-state index in [4.69, 9.17) is 9.47 Å². The monoisotopic (exact) mass is 403 g/mol. The molecule has 0 amide bonds. The molecule has 0 N–H and O–H groups in total. The number of rotatable bonds is 8. The topological polar surface area (TPSA) is 57.5 Å². The van der Waals surface area contributed by atoms with Gasteiger partial charge >= 0.3 is 5.97 Å². The predicted octanol–water partition coefficient (Wildman–Crippen LogP) is 5.06. The van der Waals surface area contributed by atoms with Crippen LogP contribution in [-0.2, 0) is 11.3 Å². The Morgan fingerprint density at radius 1 is 1.00 bits per heavy atom. The second-order valence-corrected chi connectivity index (χ2v) is 7.68. The Morgan fingerprint density at radius 2 is 1.70 bits per heavy atom. The lowest BCUT2D eigenvalue weighted by molar-refractivity contribution is 0.0474. The van der Waals surface area contributed by atoms with E-state index < -0.39 is 5.97 Å². The second-order valence-electron chi connectivity index (χ2n) is 7.68. The summed E-state index contributed by atoms with van der Waals surface area (Å²) in [7, 11) is 0. The molecule has 0 aliphatic heterocycles. The number of esters is 1. The standard InChI is InChI=1S/C25H25NO4/c1-17-14-23(18(2)26(17)21-12-13-21)24(27)16-30-25(28)20-10-8-19(9-11-20)15-29-22-6-4-3-5-7-22/h3-11,14,21H,12-13,15-16H2,1-2H3. The zero-order valence-electron chi connectivity index (χ0n) is 17.3. The van der Waals surface area contributed by atoms with E-state index in [1.165, 1.54) is 0 Å². The number of carbonyl (C=O) groups excluding carboxylic acids is 2. The van der Waals surface area contributed by atoms with E-state index in [1.54, 1.807) is 12.1 Å². The summed E-state index contributed by atoms with van der Waals surface area (Å²) in [5, 5.41) is 0. The molecule has 4 rings (SSSR count). The van der Waals surface area contributed by atoms with Gasteiger partial charge in [-0.2, -0.15) is 0 Å². The molecule has 0 bridgehead atoms. The lowest BCUT2D eigenvalue weighted by Gasteiger charge is -2.08. The average Bonchev–Trinajstić information content (AvgIpc) is 3.55. The third-order valence-electron chi connectivity index (χ3n) is 5.37. The molecule has 0 unspecified atom stereocenters. The highest BCUT2D eigenvalue weighted by Crippen LogP contribution is 2.38. The van der Waals surface area contributed by atoms with Gasteiger partial charge in [0.25, 0.3) is 0 Å². The van der Waals surface area contributed by atoms with E-state index >= 15 is 0 Å². The Kier molecular flexibility index (Phi) is 5.70. The molecule has 1 saturated carbocycles. The summed E-state index contributed by atoms with van der Waals surface area (Å²) in [5.41, 5.74) is 4.03. The summed E-state index contributed by atoms with van der Waals surface area (Å²) >= 11 is 0. The number of Topliss-reactive ketones (excluding diaryl/α,β-unsaturated/α-hetero) is 1. The van der Waals surface area contributed by atoms with Crippen LogP contribution in [0.1, 0.15) is 56.6 Å². The van der Waals surface area contributed by atoms with Gasteiger partial charge in [0, 0.05) is 23.0 Å². The van der Waals surface area contributed by atoms with Crippen molar-refractivity contribution in [3.63, 3.8) is 0 Å². The minimum Gasteiger partial charge on any atom is -0.489 e. The van der Waals surface area contributed by atoms with Gasteiger partial charge in [-0.1, -0.05) is 30.3 Å². The van der Waals surface area contributed by atoms with Crippen LogP contribution in [0, 0.1) is 13.8 Å². The van der Waals surface area contributed by atoms with Crippen LogP contribution < -0.4 is 4.74 Å². The van der Waals surface area contributed by atoms with E-state index in [1.807, 2.05) is 62.4 Å². The molecule has 154 valence electrons. The van der Waals surface area contributed by atoms with E-state index in [0.29, 0.717) is 23.8 Å². The molecule has 0 spiro atoms. The summed E-state index contributed by atoms with van der Waals surface area (Å²) in [6.07, 6.45) is 2.32. The number of aryl methyl sites for hydroxylation is 1. The molecule has 30 heavy (non-hydrogen) atoms. The third kappa shape index (κ3) is 4.46. The molecule has 1 aliphatic carbocycles. The highest BCUT2D eigenvalue weighted by Gasteiger charge is 2.28. The van der Waals surface area contributed by atoms with Crippen molar-refractivity contribution in [1.29, 1.82) is 0 Å². The van der Waals surface area contributed by atoms with Gasteiger partial charge in [-0.25, -0.2) is 4.79 Å². The Balaban J connectivity index is 1.31. The molecule has 0 saturated heterocycles. The Labute approximate surface area is 176 Å². The Hall–Kier alpha value is -3.34. The molecule has 2 aromatic carbocycles. The van der Waals surface area contributed by atoms with Crippen LogP contribution in [0.3, 0.4) is 0 Å². The number of hydrogen-bond acceptors (Lipinski definition) is 4. The number of para-hydroxylation sites is 1. The number of ether oxygens (including phenoxy) is 2. The SMILES string of the molecule is Cc1cc(C(=O)COC(=O)c2ccc(COc3ccccc3)cc2)c(C)n1C1CC1. The Bertz CT molecular complexity index is 1050. The molecule has 1 aliphatic rings. The smallest absolute Gasteiger partial charge is 0.338 e. The van der Waals surface area contributed by atoms with E-state index in [0.717, 1.165) is 35.5 Å². The molecule has 5 nitrogen and oxygen atoms in total. The summed E-state index contributed by atoms with van der Waals surface area (Å²) in [6.45, 7) is 4.12. The van der Waals surface area contributed by atoms with Crippen molar-refractivity contribution in [2.75, 3.05) is 6.61 Å². The minimum absolute atomic E-state index is 0.170. The van der Waals surface area contributed by atoms with Gasteiger partial charge < -0.3 is 14.0 Å². The van der Waals surface area contributed by atoms with Crippen LogP contribution in [0.2, 0.25) is 0 Å². The largest absolute Gasteiger partial charge is 0.489 e. The zero-order valence-corrected chi connectivity index (χ0v) is 17.3. The number of ketones is 1. The number of benzene rings is 2. The summed E-state index contributed by atoms with van der Waals surface area (Å²) in [4.78, 5) is 24.9. The van der Waals surface area contributed by atoms with E-state index in [-0.39, 0.29) is 12.4 Å². The fourth-order valence-electron chi connectivity index (χ4n) is 3.67. The van der Waals surface area contributed by atoms with Gasteiger partial charge in [-0.05, 0) is 62.6 Å². The summed E-state index contributed by atoms with van der Waals surface area (Å²) in [6, 6.07) is 19.0. The molecule has 0 radical (unpaired) electrons. The van der Waals surface area contributed by atoms with Crippen molar-refractivity contribution in [1.82, 2.24) is 4.57 Å². The van der Waals surface area contributed by atoms with Crippen molar-refractivity contribution >= 4 is 11.8 Å². The number of hydrogen-bond donors (Lipinski definition) is 0. The van der Waals surface area contributed by atoms with Gasteiger partial charge in [0.15, 0.2) is 6.61 Å². The molecule has 1 aromatic heterocycles. The van der Waals surface area contributed by atoms with Crippen molar-refractivity contribution in [2.24, 2.45) is 0 Å². The van der Waals surface area contributed by atoms with Crippen LogP contribution >= 0.6 is 0 Å². The number of aromatic nitrogens is 1. The highest BCUT2D eigenvalue weighted by molar-refractivity contribution is 6.00. The molecular weight excluding hydrogens is 378 g/mol. The average molecular weight is 403 g/mol. The first-order valence-corrected chi connectivity index (χ1v) is 10.2. The van der Waals surface area contributed by atoms with Gasteiger partial charge in [0.2, 0.25) is 5.78 Å². The maximum Gasteiger partial charge on any atom is 0.338 e. The van der Waals surface area contributed by atoms with Gasteiger partial charge in [-0.15, -0.1) is 0 Å². The van der Waals surface area contributed by atoms with Gasteiger partial charge in [0.05, 0.1) is 5.56 Å². The predicted molar refractivity (Wildman–Crippen MR) is 114 cm³/mol. The molecule has 1 heterocycles. The minimum atomic E-state index is -0.505. The third-order valence-corrected chi connectivity index (χ3v) is 5.37. The van der Waals surface area contributed by atoms with Crippen LogP contribution in [-0.4, -0.2) is 22.9 Å².